The lowest BCUT2D eigenvalue weighted by Gasteiger charge is -2.29. The van der Waals surface area contributed by atoms with E-state index >= 15 is 0 Å². The van der Waals surface area contributed by atoms with Gasteiger partial charge in [-0.3, -0.25) is 0 Å². The van der Waals surface area contributed by atoms with Crippen LogP contribution in [-0.4, -0.2) is 18.3 Å². The maximum Gasteiger partial charge on any atom is 0.0652 e. The van der Waals surface area contributed by atoms with Gasteiger partial charge in [0, 0.05) is 6.54 Å². The molecular weight excluding hydrogens is 246 g/mol. The Bertz CT molecular complexity index is 536. The van der Waals surface area contributed by atoms with Crippen molar-refractivity contribution in [2.24, 2.45) is 0 Å². The van der Waals surface area contributed by atoms with Crippen LogP contribution in [0.2, 0.25) is 0 Å². The summed E-state index contributed by atoms with van der Waals surface area (Å²) >= 11 is 0. The zero-order valence-electron chi connectivity index (χ0n) is 11.8. The van der Waals surface area contributed by atoms with E-state index in [1.54, 1.807) is 0 Å². The predicted molar refractivity (Wildman–Crippen MR) is 84.4 cm³/mol. The fraction of sp³-hybridized carbons (Fsp3) is 0.222. The van der Waals surface area contributed by atoms with Crippen LogP contribution in [0.3, 0.4) is 0 Å². The zero-order chi connectivity index (χ0) is 14.3. The molecule has 0 saturated heterocycles. The van der Waals surface area contributed by atoms with Crippen LogP contribution in [0.15, 0.2) is 66.7 Å². The van der Waals surface area contributed by atoms with E-state index in [9.17, 15) is 5.11 Å². The lowest BCUT2D eigenvalue weighted by Crippen LogP contribution is -2.42. The molecule has 2 rings (SSSR count). The molecule has 0 saturated carbocycles. The van der Waals surface area contributed by atoms with Gasteiger partial charge in [0.15, 0.2) is 0 Å². The van der Waals surface area contributed by atoms with Crippen molar-refractivity contribution in [2.45, 2.75) is 12.5 Å². The number of hydrogen-bond donors (Lipinski definition) is 2. The van der Waals surface area contributed by atoms with Gasteiger partial charge in [-0.1, -0.05) is 72.8 Å². The molecule has 1 unspecified atom stereocenters. The largest absolute Gasteiger partial charge is 0.394 e. The summed E-state index contributed by atoms with van der Waals surface area (Å²) in [5.41, 5.74) is 1.86. The quantitative estimate of drug-likeness (QED) is 0.842. The molecule has 2 aromatic carbocycles. The molecule has 0 aromatic heterocycles. The highest BCUT2D eigenvalue weighted by Crippen LogP contribution is 2.19. The summed E-state index contributed by atoms with van der Waals surface area (Å²) in [5, 5.41) is 13.1. The third kappa shape index (κ3) is 3.80. The molecule has 0 aliphatic rings. The number of hydrogen-bond acceptors (Lipinski definition) is 2. The normalized spacial score (nSPS) is 14.3. The van der Waals surface area contributed by atoms with Gasteiger partial charge in [-0.15, -0.1) is 0 Å². The van der Waals surface area contributed by atoms with Crippen LogP contribution in [0.5, 0.6) is 0 Å². The van der Waals surface area contributed by atoms with Gasteiger partial charge in [0.25, 0.3) is 0 Å². The van der Waals surface area contributed by atoms with Gasteiger partial charge >= 0.3 is 0 Å². The lowest BCUT2D eigenvalue weighted by molar-refractivity contribution is 0.179. The molecule has 0 aliphatic carbocycles. The van der Waals surface area contributed by atoms with E-state index in [4.69, 9.17) is 0 Å². The van der Waals surface area contributed by atoms with Gasteiger partial charge < -0.3 is 10.4 Å². The minimum Gasteiger partial charge on any atom is -0.394 e. The van der Waals surface area contributed by atoms with Gasteiger partial charge in [-0.05, 0) is 18.1 Å². The third-order valence-electron chi connectivity index (χ3n) is 3.45. The number of aliphatic hydroxyl groups excluding tert-OH is 1. The molecular formula is C18H21NO. The van der Waals surface area contributed by atoms with Crippen molar-refractivity contribution in [3.63, 3.8) is 0 Å². The first kappa shape index (κ1) is 14.5. The van der Waals surface area contributed by atoms with Gasteiger partial charge in [0.05, 0.1) is 12.1 Å². The summed E-state index contributed by atoms with van der Waals surface area (Å²) in [4.78, 5) is 0. The van der Waals surface area contributed by atoms with Crippen molar-refractivity contribution in [3.05, 3.63) is 77.9 Å². The number of rotatable bonds is 6. The van der Waals surface area contributed by atoms with Crippen molar-refractivity contribution in [3.8, 4) is 0 Å². The maximum atomic E-state index is 9.67. The summed E-state index contributed by atoms with van der Waals surface area (Å²) in [5.74, 6) is 0. The first-order valence-electron chi connectivity index (χ1n) is 6.87. The Morgan fingerprint density at radius 1 is 1.00 bits per heavy atom. The molecule has 20 heavy (non-hydrogen) atoms. The molecule has 0 radical (unpaired) electrons. The summed E-state index contributed by atoms with van der Waals surface area (Å²) in [7, 11) is 0. The van der Waals surface area contributed by atoms with Crippen molar-refractivity contribution in [1.82, 2.24) is 5.32 Å². The van der Waals surface area contributed by atoms with Crippen LogP contribution in [0, 0.1) is 0 Å². The minimum atomic E-state index is -0.414. The molecule has 0 aliphatic heterocycles. The standard InChI is InChI=1S/C18H21NO/c1-18(15-20,17-12-6-3-7-13-17)19-14-8-11-16-9-4-2-5-10-16/h2-13,19-20H,14-15H2,1H3/b11-8+. The van der Waals surface area contributed by atoms with Crippen molar-refractivity contribution in [2.75, 3.05) is 13.2 Å². The molecule has 2 heteroatoms. The first-order chi connectivity index (χ1) is 9.74. The van der Waals surface area contributed by atoms with Crippen molar-refractivity contribution in [1.29, 1.82) is 0 Å². The monoisotopic (exact) mass is 267 g/mol. The van der Waals surface area contributed by atoms with Crippen LogP contribution >= 0.6 is 0 Å². The number of nitrogens with one attached hydrogen (secondary N) is 1. The Labute approximate surface area is 120 Å². The van der Waals surface area contributed by atoms with Crippen LogP contribution in [0.1, 0.15) is 18.1 Å². The van der Waals surface area contributed by atoms with Crippen LogP contribution < -0.4 is 5.32 Å². The zero-order valence-corrected chi connectivity index (χ0v) is 11.8. The van der Waals surface area contributed by atoms with E-state index in [0.29, 0.717) is 6.54 Å². The van der Waals surface area contributed by atoms with E-state index in [1.165, 1.54) is 5.56 Å². The number of aliphatic hydroxyl groups is 1. The Hall–Kier alpha value is -1.90. The Morgan fingerprint density at radius 2 is 1.60 bits per heavy atom. The molecule has 0 amide bonds. The maximum absolute atomic E-state index is 9.67. The van der Waals surface area contributed by atoms with Crippen LogP contribution in [-0.2, 0) is 5.54 Å². The topological polar surface area (TPSA) is 32.3 Å². The van der Waals surface area contributed by atoms with Gasteiger partial charge in [0.1, 0.15) is 0 Å². The van der Waals surface area contributed by atoms with Gasteiger partial charge in [-0.25, -0.2) is 0 Å². The van der Waals surface area contributed by atoms with Crippen molar-refractivity contribution >= 4 is 6.08 Å². The highest BCUT2D eigenvalue weighted by atomic mass is 16.3. The number of benzene rings is 2. The minimum absolute atomic E-state index is 0.0657. The van der Waals surface area contributed by atoms with E-state index in [1.807, 2.05) is 55.5 Å². The van der Waals surface area contributed by atoms with Crippen LogP contribution in [0.4, 0.5) is 0 Å². The summed E-state index contributed by atoms with van der Waals surface area (Å²) < 4.78 is 0. The fourth-order valence-electron chi connectivity index (χ4n) is 2.10. The van der Waals surface area contributed by atoms with E-state index < -0.39 is 5.54 Å². The summed E-state index contributed by atoms with van der Waals surface area (Å²) in [6.45, 7) is 2.79. The average molecular weight is 267 g/mol. The molecule has 0 heterocycles. The fourth-order valence-corrected chi connectivity index (χ4v) is 2.10. The lowest BCUT2D eigenvalue weighted by atomic mass is 9.93. The molecule has 0 bridgehead atoms. The van der Waals surface area contributed by atoms with Crippen molar-refractivity contribution < 1.29 is 5.11 Å². The first-order valence-corrected chi connectivity index (χ1v) is 6.87. The SMILES string of the molecule is CC(CO)(NC/C=C/c1ccccc1)c1ccccc1. The Kier molecular flexibility index (Phi) is 5.10. The molecule has 104 valence electrons. The summed E-state index contributed by atoms with van der Waals surface area (Å²) in [6, 6.07) is 20.2. The second-order valence-electron chi connectivity index (χ2n) is 5.05. The highest BCUT2D eigenvalue weighted by Gasteiger charge is 2.23. The highest BCUT2D eigenvalue weighted by molar-refractivity contribution is 5.48. The third-order valence-corrected chi connectivity index (χ3v) is 3.45. The average Bonchev–Trinajstić information content (AvgIpc) is 2.53. The predicted octanol–water partition coefficient (Wildman–Crippen LogP) is 3.20. The van der Waals surface area contributed by atoms with E-state index in [2.05, 4.69) is 29.6 Å². The molecule has 0 spiro atoms. The molecule has 2 nitrogen and oxygen atoms in total. The molecule has 2 aromatic rings. The Balaban J connectivity index is 1.96. The Morgan fingerprint density at radius 3 is 2.20 bits per heavy atom. The van der Waals surface area contributed by atoms with Gasteiger partial charge in [0.2, 0.25) is 0 Å². The van der Waals surface area contributed by atoms with Crippen LogP contribution in [0.25, 0.3) is 6.08 Å². The second kappa shape index (κ2) is 7.04. The van der Waals surface area contributed by atoms with E-state index in [-0.39, 0.29) is 6.61 Å². The summed E-state index contributed by atoms with van der Waals surface area (Å²) in [6.07, 6.45) is 4.15. The van der Waals surface area contributed by atoms with E-state index in [0.717, 1.165) is 5.56 Å². The smallest absolute Gasteiger partial charge is 0.0652 e. The van der Waals surface area contributed by atoms with Gasteiger partial charge in [-0.2, -0.15) is 0 Å². The molecule has 1 atom stereocenters. The molecule has 2 N–H and O–H groups in total. The molecule has 0 fully saturated rings. The second-order valence-corrected chi connectivity index (χ2v) is 5.05.